The van der Waals surface area contributed by atoms with E-state index in [2.05, 4.69) is 15.2 Å². The Hall–Kier alpha value is -0.470. The van der Waals surface area contributed by atoms with Gasteiger partial charge < -0.3 is 0 Å². The molecule has 0 saturated carbocycles. The molecule has 1 aliphatic rings. The summed E-state index contributed by atoms with van der Waals surface area (Å²) < 4.78 is 19.2. The molecule has 0 bridgehead atoms. The number of pyridine rings is 1. The second kappa shape index (κ2) is 4.80. The first kappa shape index (κ1) is 12.0. The van der Waals surface area contributed by atoms with E-state index in [1.165, 1.54) is 6.07 Å². The number of nitrogens with zero attached hydrogens (tertiary/aromatic N) is 1. The third-order valence-electron chi connectivity index (χ3n) is 2.43. The summed E-state index contributed by atoms with van der Waals surface area (Å²) in [7, 11) is 0. The molecule has 90 valence electrons. The van der Waals surface area contributed by atoms with Crippen molar-refractivity contribution in [3.8, 4) is 0 Å². The van der Waals surface area contributed by atoms with Crippen molar-refractivity contribution in [2.75, 3.05) is 30.1 Å². The van der Waals surface area contributed by atoms with Gasteiger partial charge in [0.05, 0.1) is 0 Å². The van der Waals surface area contributed by atoms with Gasteiger partial charge in [-0.25, -0.2) is 0 Å². The van der Waals surface area contributed by atoms with Crippen LogP contribution < -0.4 is 26.5 Å². The number of hydrogen-bond acceptors (Lipinski definition) is 4. The molecule has 1 aromatic heterocycles. The summed E-state index contributed by atoms with van der Waals surface area (Å²) in [6, 6.07) is 3.30. The Bertz CT molecular complexity index is 380. The average molecular weight is 339 g/mol. The number of ether oxygens (including phenoxy) is 1. The number of anilines is 1. The zero-order valence-electron chi connectivity index (χ0n) is 8.83. The second-order valence-electron chi connectivity index (χ2n) is 3.74. The molecular formula is C10H13FIN2O2-. The minimum atomic E-state index is -0.482. The number of aromatic nitrogens is 1. The Morgan fingerprint density at radius 1 is 1.62 bits per heavy atom. The van der Waals surface area contributed by atoms with Crippen LogP contribution in [-0.4, -0.2) is 40.4 Å². The van der Waals surface area contributed by atoms with Gasteiger partial charge in [-0.1, -0.05) is 0 Å². The molecule has 0 spiro atoms. The fraction of sp³-hybridized carbons (Fsp3) is 0.500. The van der Waals surface area contributed by atoms with Crippen LogP contribution in [0.4, 0.5) is 10.2 Å². The Morgan fingerprint density at radius 2 is 2.38 bits per heavy atom. The molecule has 0 radical (unpaired) electrons. The normalized spacial score (nSPS) is 18.2. The molecule has 1 aromatic rings. The molecule has 16 heavy (non-hydrogen) atoms. The van der Waals surface area contributed by atoms with Gasteiger partial charge in [-0.3, -0.25) is 0 Å². The van der Waals surface area contributed by atoms with E-state index in [4.69, 9.17) is 4.74 Å². The summed E-state index contributed by atoms with van der Waals surface area (Å²) in [5, 5.41) is 12.3. The van der Waals surface area contributed by atoms with Gasteiger partial charge in [0.25, 0.3) is 0 Å². The number of alkyl halides is 1. The third-order valence-corrected chi connectivity index (χ3v) is 4.30. The first-order valence-electron chi connectivity index (χ1n) is 4.81. The summed E-state index contributed by atoms with van der Waals surface area (Å²) in [4.78, 5) is 5.83. The van der Waals surface area contributed by atoms with Crippen molar-refractivity contribution in [2.24, 2.45) is 0 Å². The molecule has 1 fully saturated rings. The first-order valence-corrected chi connectivity index (χ1v) is 8.05. The summed E-state index contributed by atoms with van der Waals surface area (Å²) in [5.74, 6) is 0.00350. The number of hydrogen-bond donors (Lipinski definition) is 2. The van der Waals surface area contributed by atoms with Gasteiger partial charge in [0.1, 0.15) is 0 Å². The van der Waals surface area contributed by atoms with Crippen molar-refractivity contribution < 1.29 is 35.4 Å². The van der Waals surface area contributed by atoms with Crippen LogP contribution in [0.25, 0.3) is 0 Å². The molecule has 0 atom stereocenters. The molecule has 0 unspecified atom stereocenters. The standard InChI is InChI=1S/C10H13FIN2O2/c1-12-7-2-8(11)13-9(3-7)14-10(4-15)5-16-6-10/h2-3,15H,4-6H2,1H3,(H,13,14)/q-1. The SMILES string of the molecule is C[I-]c1cc(F)nc(NC2(CO)COC2)c1. The van der Waals surface area contributed by atoms with Crippen molar-refractivity contribution in [1.29, 1.82) is 0 Å². The van der Waals surface area contributed by atoms with E-state index in [0.717, 1.165) is 3.57 Å². The summed E-state index contributed by atoms with van der Waals surface area (Å²) in [6.45, 7) is 0.818. The molecule has 2 N–H and O–H groups in total. The predicted molar refractivity (Wildman–Crippen MR) is 53.1 cm³/mol. The summed E-state index contributed by atoms with van der Waals surface area (Å²) in [6.07, 6.45) is 0. The van der Waals surface area contributed by atoms with E-state index in [-0.39, 0.29) is 27.8 Å². The van der Waals surface area contributed by atoms with Crippen LogP contribution in [-0.2, 0) is 4.74 Å². The van der Waals surface area contributed by atoms with Gasteiger partial charge in [-0.05, 0) is 0 Å². The van der Waals surface area contributed by atoms with Gasteiger partial charge in [-0.2, -0.15) is 0 Å². The second-order valence-corrected chi connectivity index (χ2v) is 6.06. The molecule has 1 saturated heterocycles. The third kappa shape index (κ3) is 2.44. The maximum atomic E-state index is 13.2. The Labute approximate surface area is 103 Å². The van der Waals surface area contributed by atoms with Crippen LogP contribution in [0.2, 0.25) is 0 Å². The fourth-order valence-corrected chi connectivity index (χ4v) is 2.64. The van der Waals surface area contributed by atoms with Crippen LogP contribution in [0.3, 0.4) is 0 Å². The van der Waals surface area contributed by atoms with E-state index in [1.54, 1.807) is 0 Å². The number of aliphatic hydroxyl groups excluding tert-OH is 1. The number of aliphatic hydroxyl groups is 1. The van der Waals surface area contributed by atoms with Crippen molar-refractivity contribution in [2.45, 2.75) is 5.54 Å². The first-order chi connectivity index (χ1) is 7.67. The molecule has 1 aliphatic heterocycles. The van der Waals surface area contributed by atoms with Crippen LogP contribution in [0.5, 0.6) is 0 Å². The Balaban J connectivity index is 2.17. The molecule has 0 amide bonds. The van der Waals surface area contributed by atoms with Crippen molar-refractivity contribution >= 4 is 5.82 Å². The number of rotatable bonds is 4. The van der Waals surface area contributed by atoms with Crippen molar-refractivity contribution in [3.05, 3.63) is 21.7 Å². The van der Waals surface area contributed by atoms with Gasteiger partial charge in [0.2, 0.25) is 0 Å². The molecule has 0 aromatic carbocycles. The van der Waals surface area contributed by atoms with E-state index in [0.29, 0.717) is 19.0 Å². The van der Waals surface area contributed by atoms with E-state index in [9.17, 15) is 9.50 Å². The fourth-order valence-electron chi connectivity index (χ4n) is 1.46. The Kier molecular flexibility index (Phi) is 3.60. The van der Waals surface area contributed by atoms with E-state index >= 15 is 0 Å². The maximum absolute atomic E-state index is 13.2. The van der Waals surface area contributed by atoms with E-state index < -0.39 is 11.5 Å². The molecule has 2 rings (SSSR count). The van der Waals surface area contributed by atoms with E-state index in [1.807, 2.05) is 6.07 Å². The van der Waals surface area contributed by atoms with Crippen LogP contribution in [0.15, 0.2) is 12.1 Å². The number of halogens is 2. The Morgan fingerprint density at radius 3 is 2.88 bits per heavy atom. The molecular weight excluding hydrogens is 326 g/mol. The number of nitrogens with one attached hydrogen (secondary N) is 1. The molecule has 2 heterocycles. The zero-order chi connectivity index (χ0) is 11.6. The van der Waals surface area contributed by atoms with Gasteiger partial charge >= 0.3 is 103 Å². The van der Waals surface area contributed by atoms with Gasteiger partial charge in [0.15, 0.2) is 0 Å². The minimum absolute atomic E-state index is 0.0400. The van der Waals surface area contributed by atoms with Gasteiger partial charge in [0, 0.05) is 0 Å². The summed E-state index contributed by atoms with van der Waals surface area (Å²) in [5.41, 5.74) is -0.482. The zero-order valence-corrected chi connectivity index (χ0v) is 11.0. The molecule has 6 heteroatoms. The quantitative estimate of drug-likeness (QED) is 0.356. The summed E-state index contributed by atoms with van der Waals surface area (Å²) >= 11 is -0.172. The van der Waals surface area contributed by atoms with Crippen LogP contribution in [0.1, 0.15) is 0 Å². The van der Waals surface area contributed by atoms with Crippen molar-refractivity contribution in [1.82, 2.24) is 4.98 Å². The monoisotopic (exact) mass is 339 g/mol. The molecule has 0 aliphatic carbocycles. The molecule has 4 nitrogen and oxygen atoms in total. The average Bonchev–Trinajstić information content (AvgIpc) is 2.22. The van der Waals surface area contributed by atoms with Gasteiger partial charge in [-0.15, -0.1) is 0 Å². The topological polar surface area (TPSA) is 54.4 Å². The predicted octanol–water partition coefficient (Wildman–Crippen LogP) is -2.72. The van der Waals surface area contributed by atoms with Crippen LogP contribution >= 0.6 is 0 Å². The van der Waals surface area contributed by atoms with Crippen molar-refractivity contribution in [3.63, 3.8) is 0 Å². The van der Waals surface area contributed by atoms with Crippen LogP contribution in [0, 0.1) is 9.52 Å².